The number of carbonyl (C=O) groups is 1. The molecule has 94 valence electrons. The summed E-state index contributed by atoms with van der Waals surface area (Å²) in [5, 5.41) is 17.5. The first-order valence-corrected chi connectivity index (χ1v) is 5.65. The number of carboxylic acid groups (broad SMARTS) is 1. The van der Waals surface area contributed by atoms with Gasteiger partial charge < -0.3 is 9.84 Å². The van der Waals surface area contributed by atoms with Crippen LogP contribution in [0.1, 0.15) is 24.5 Å². The van der Waals surface area contributed by atoms with Crippen molar-refractivity contribution in [3.63, 3.8) is 0 Å². The molecule has 1 N–H and O–H groups in total. The van der Waals surface area contributed by atoms with Crippen molar-refractivity contribution in [2.75, 3.05) is 0 Å². The lowest BCUT2D eigenvalue weighted by Crippen LogP contribution is -2.13. The van der Waals surface area contributed by atoms with Crippen molar-refractivity contribution >= 4 is 12.0 Å². The number of hydrogen-bond acceptors (Lipinski definition) is 3. The number of aryl methyl sites for hydroxylation is 1. The molecule has 0 aliphatic carbocycles. The summed E-state index contributed by atoms with van der Waals surface area (Å²) in [4.78, 5) is 10.5. The van der Waals surface area contributed by atoms with Gasteiger partial charge in [-0.3, -0.25) is 0 Å². The average Bonchev–Trinajstić information content (AvgIpc) is 2.35. The third-order valence-corrected chi connectivity index (χ3v) is 2.42. The summed E-state index contributed by atoms with van der Waals surface area (Å²) in [5.41, 5.74) is 1.53. The minimum atomic E-state index is -1.02. The SMILES string of the molecule is CCC(C#N)Oc1c(C)cccc1/C=C/C(=O)O. The number of nitriles is 1. The molecule has 1 aromatic rings. The van der Waals surface area contributed by atoms with E-state index in [0.717, 1.165) is 11.6 Å². The smallest absolute Gasteiger partial charge is 0.328 e. The molecule has 0 radical (unpaired) electrons. The van der Waals surface area contributed by atoms with Crippen LogP contribution in [0.4, 0.5) is 0 Å². The van der Waals surface area contributed by atoms with Crippen LogP contribution in [0.15, 0.2) is 24.3 Å². The van der Waals surface area contributed by atoms with Crippen LogP contribution in [0.5, 0.6) is 5.75 Å². The molecular weight excluding hydrogens is 230 g/mol. The van der Waals surface area contributed by atoms with Gasteiger partial charge in [0, 0.05) is 11.6 Å². The predicted octanol–water partition coefficient (Wildman–Crippen LogP) is 2.77. The highest BCUT2D eigenvalue weighted by Crippen LogP contribution is 2.26. The molecule has 0 aliphatic heterocycles. The van der Waals surface area contributed by atoms with Crippen molar-refractivity contribution in [3.05, 3.63) is 35.4 Å². The van der Waals surface area contributed by atoms with Crippen molar-refractivity contribution in [1.82, 2.24) is 0 Å². The number of rotatable bonds is 5. The third kappa shape index (κ3) is 3.63. The van der Waals surface area contributed by atoms with E-state index < -0.39 is 12.1 Å². The number of hydrogen-bond donors (Lipinski definition) is 1. The zero-order chi connectivity index (χ0) is 13.5. The maximum Gasteiger partial charge on any atom is 0.328 e. The van der Waals surface area contributed by atoms with Gasteiger partial charge in [-0.2, -0.15) is 5.26 Å². The van der Waals surface area contributed by atoms with Crippen LogP contribution in [-0.4, -0.2) is 17.2 Å². The fourth-order valence-corrected chi connectivity index (χ4v) is 1.47. The van der Waals surface area contributed by atoms with Crippen LogP contribution in [0.3, 0.4) is 0 Å². The molecule has 18 heavy (non-hydrogen) atoms. The van der Waals surface area contributed by atoms with Gasteiger partial charge in [-0.05, 0) is 25.0 Å². The minimum Gasteiger partial charge on any atom is -0.478 e. The Bertz CT molecular complexity index is 500. The fourth-order valence-electron chi connectivity index (χ4n) is 1.47. The van der Waals surface area contributed by atoms with Crippen LogP contribution in [-0.2, 0) is 4.79 Å². The van der Waals surface area contributed by atoms with E-state index in [1.807, 2.05) is 26.0 Å². The molecule has 0 heterocycles. The van der Waals surface area contributed by atoms with Crippen LogP contribution in [0, 0.1) is 18.3 Å². The van der Waals surface area contributed by atoms with E-state index in [1.165, 1.54) is 6.08 Å². The second-order valence-electron chi connectivity index (χ2n) is 3.81. The Kier molecular flexibility index (Phi) is 4.94. The second kappa shape index (κ2) is 6.45. The lowest BCUT2D eigenvalue weighted by molar-refractivity contribution is -0.131. The highest BCUT2D eigenvalue weighted by molar-refractivity contribution is 5.86. The fraction of sp³-hybridized carbons (Fsp3) is 0.286. The van der Waals surface area contributed by atoms with E-state index in [2.05, 4.69) is 6.07 Å². The summed E-state index contributed by atoms with van der Waals surface area (Å²) < 4.78 is 5.60. The first-order valence-electron chi connectivity index (χ1n) is 5.65. The van der Waals surface area contributed by atoms with Gasteiger partial charge in [0.2, 0.25) is 0 Å². The normalized spacial score (nSPS) is 12.1. The van der Waals surface area contributed by atoms with Crippen LogP contribution < -0.4 is 4.74 Å². The van der Waals surface area contributed by atoms with E-state index in [-0.39, 0.29) is 0 Å². The molecule has 0 aliphatic rings. The summed E-state index contributed by atoms with van der Waals surface area (Å²) in [6.07, 6.45) is 2.57. The largest absolute Gasteiger partial charge is 0.478 e. The number of ether oxygens (including phenoxy) is 1. The Hall–Kier alpha value is -2.28. The van der Waals surface area contributed by atoms with E-state index in [4.69, 9.17) is 15.1 Å². The summed E-state index contributed by atoms with van der Waals surface area (Å²) in [6, 6.07) is 7.49. The van der Waals surface area contributed by atoms with Gasteiger partial charge in [-0.25, -0.2) is 4.79 Å². The Morgan fingerprint density at radius 3 is 2.89 bits per heavy atom. The van der Waals surface area contributed by atoms with Crippen molar-refractivity contribution in [1.29, 1.82) is 5.26 Å². The number of benzene rings is 1. The van der Waals surface area contributed by atoms with Gasteiger partial charge in [0.1, 0.15) is 11.8 Å². The van der Waals surface area contributed by atoms with Gasteiger partial charge in [-0.1, -0.05) is 25.1 Å². The molecule has 1 atom stereocenters. The lowest BCUT2D eigenvalue weighted by Gasteiger charge is -2.15. The van der Waals surface area contributed by atoms with Gasteiger partial charge in [0.25, 0.3) is 0 Å². The average molecular weight is 245 g/mol. The van der Waals surface area contributed by atoms with Crippen molar-refractivity contribution in [3.8, 4) is 11.8 Å². The molecule has 0 saturated heterocycles. The topological polar surface area (TPSA) is 70.3 Å². The zero-order valence-electron chi connectivity index (χ0n) is 10.4. The maximum atomic E-state index is 10.5. The molecular formula is C14H15NO3. The quantitative estimate of drug-likeness (QED) is 0.810. The Labute approximate surface area is 106 Å². The van der Waals surface area contributed by atoms with Gasteiger partial charge in [-0.15, -0.1) is 0 Å². The predicted molar refractivity (Wildman–Crippen MR) is 68.2 cm³/mol. The monoisotopic (exact) mass is 245 g/mol. The minimum absolute atomic E-state index is 0.525. The Morgan fingerprint density at radius 2 is 2.33 bits per heavy atom. The van der Waals surface area contributed by atoms with Crippen molar-refractivity contribution < 1.29 is 14.6 Å². The summed E-state index contributed by atoms with van der Waals surface area (Å²) in [5.74, 6) is -0.460. The van der Waals surface area contributed by atoms with E-state index >= 15 is 0 Å². The first kappa shape index (κ1) is 13.8. The highest BCUT2D eigenvalue weighted by Gasteiger charge is 2.11. The van der Waals surface area contributed by atoms with E-state index in [1.54, 1.807) is 6.07 Å². The molecule has 1 unspecified atom stereocenters. The molecule has 1 rings (SSSR count). The molecule has 1 aromatic carbocycles. The van der Waals surface area contributed by atoms with Crippen LogP contribution in [0.2, 0.25) is 0 Å². The standard InChI is InChI=1S/C14H15NO3/c1-3-12(9-15)18-14-10(2)5-4-6-11(14)7-8-13(16)17/h4-8,12H,3H2,1-2H3,(H,16,17)/b8-7+. The summed E-state index contributed by atoms with van der Waals surface area (Å²) in [6.45, 7) is 3.72. The first-order chi connectivity index (χ1) is 8.58. The molecule has 4 nitrogen and oxygen atoms in total. The molecule has 0 spiro atoms. The van der Waals surface area contributed by atoms with Crippen LogP contribution in [0.25, 0.3) is 6.08 Å². The summed E-state index contributed by atoms with van der Waals surface area (Å²) in [7, 11) is 0. The van der Waals surface area contributed by atoms with Crippen molar-refractivity contribution in [2.24, 2.45) is 0 Å². The van der Waals surface area contributed by atoms with E-state index in [0.29, 0.717) is 17.7 Å². The molecule has 0 aromatic heterocycles. The van der Waals surface area contributed by atoms with E-state index in [9.17, 15) is 4.79 Å². The Morgan fingerprint density at radius 1 is 1.61 bits per heavy atom. The maximum absolute atomic E-state index is 10.5. The summed E-state index contributed by atoms with van der Waals surface area (Å²) >= 11 is 0. The molecule has 0 fully saturated rings. The van der Waals surface area contributed by atoms with Gasteiger partial charge in [0.05, 0.1) is 0 Å². The number of nitrogens with zero attached hydrogens (tertiary/aromatic N) is 1. The number of carboxylic acids is 1. The second-order valence-corrected chi connectivity index (χ2v) is 3.81. The highest BCUT2D eigenvalue weighted by atomic mass is 16.5. The van der Waals surface area contributed by atoms with Gasteiger partial charge in [0.15, 0.2) is 6.10 Å². The lowest BCUT2D eigenvalue weighted by atomic mass is 10.1. The third-order valence-electron chi connectivity index (χ3n) is 2.42. The number of para-hydroxylation sites is 1. The molecule has 4 heteroatoms. The van der Waals surface area contributed by atoms with Gasteiger partial charge >= 0.3 is 5.97 Å². The van der Waals surface area contributed by atoms with Crippen molar-refractivity contribution in [2.45, 2.75) is 26.4 Å². The Balaban J connectivity index is 3.08. The number of aliphatic carboxylic acids is 1. The van der Waals surface area contributed by atoms with Crippen LogP contribution >= 0.6 is 0 Å². The zero-order valence-corrected chi connectivity index (χ0v) is 10.4. The molecule has 0 saturated carbocycles. The molecule has 0 bridgehead atoms. The molecule has 0 amide bonds.